The van der Waals surface area contributed by atoms with Crippen molar-refractivity contribution < 1.29 is 19.3 Å². The minimum Gasteiger partial charge on any atom is -0.491 e. The van der Waals surface area contributed by atoms with Gasteiger partial charge in [-0.15, -0.1) is 0 Å². The van der Waals surface area contributed by atoms with Gasteiger partial charge in [0.05, 0.1) is 0 Å². The van der Waals surface area contributed by atoms with Crippen LogP contribution in [0.2, 0.25) is 0 Å². The standard InChI is InChI=1S/C23H30N2O4/c1-2-18-3-6-21(7-4-18)27-16-20(26)15-25-11-9-24(10-12-25)14-19-5-8-22-23(13-19)29-17-28-22/h3-8,13,20,26H,2,9-12,14-17H2,1H3. The fourth-order valence-corrected chi connectivity index (χ4v) is 3.79. The molecule has 1 saturated heterocycles. The van der Waals surface area contributed by atoms with Crippen molar-refractivity contribution in [1.29, 1.82) is 0 Å². The van der Waals surface area contributed by atoms with Crippen LogP contribution in [0.3, 0.4) is 0 Å². The van der Waals surface area contributed by atoms with Crippen LogP contribution in [-0.2, 0) is 13.0 Å². The van der Waals surface area contributed by atoms with Gasteiger partial charge in [-0.3, -0.25) is 9.80 Å². The molecule has 29 heavy (non-hydrogen) atoms. The predicted molar refractivity (Wildman–Crippen MR) is 112 cm³/mol. The Bertz CT molecular complexity index is 788. The summed E-state index contributed by atoms with van der Waals surface area (Å²) in [7, 11) is 0. The SMILES string of the molecule is CCc1ccc(OCC(O)CN2CCN(Cc3ccc4c(c3)OCO4)CC2)cc1. The molecule has 1 fully saturated rings. The monoisotopic (exact) mass is 398 g/mol. The molecule has 0 aromatic heterocycles. The second kappa shape index (κ2) is 9.48. The topological polar surface area (TPSA) is 54.4 Å². The third kappa shape index (κ3) is 5.41. The van der Waals surface area contributed by atoms with Crippen LogP contribution < -0.4 is 14.2 Å². The summed E-state index contributed by atoms with van der Waals surface area (Å²) in [5, 5.41) is 10.3. The fraction of sp³-hybridized carbons (Fsp3) is 0.478. The molecule has 0 bridgehead atoms. The van der Waals surface area contributed by atoms with Gasteiger partial charge in [0.1, 0.15) is 18.5 Å². The molecular formula is C23H30N2O4. The summed E-state index contributed by atoms with van der Waals surface area (Å²) in [6.45, 7) is 8.19. The van der Waals surface area contributed by atoms with Gasteiger partial charge in [0, 0.05) is 39.3 Å². The van der Waals surface area contributed by atoms with Crippen molar-refractivity contribution in [1.82, 2.24) is 9.80 Å². The number of fused-ring (bicyclic) bond motifs is 1. The number of hydrogen-bond acceptors (Lipinski definition) is 6. The third-order valence-electron chi connectivity index (χ3n) is 5.55. The number of β-amino-alcohol motifs (C(OH)–C–C–N with tert-alkyl or cyclic N) is 1. The van der Waals surface area contributed by atoms with E-state index in [4.69, 9.17) is 14.2 Å². The lowest BCUT2D eigenvalue weighted by atomic mass is 10.1. The van der Waals surface area contributed by atoms with Gasteiger partial charge in [0.25, 0.3) is 0 Å². The van der Waals surface area contributed by atoms with Crippen molar-refractivity contribution in [3.05, 3.63) is 53.6 Å². The van der Waals surface area contributed by atoms with Crippen molar-refractivity contribution in [2.75, 3.05) is 46.1 Å². The van der Waals surface area contributed by atoms with Crippen molar-refractivity contribution >= 4 is 0 Å². The molecule has 2 aromatic carbocycles. The minimum atomic E-state index is -0.485. The average molecular weight is 399 g/mol. The van der Waals surface area contributed by atoms with Crippen LogP contribution in [0, 0.1) is 0 Å². The normalized spacial score (nSPS) is 18.0. The Kier molecular flexibility index (Phi) is 6.54. The maximum Gasteiger partial charge on any atom is 0.231 e. The van der Waals surface area contributed by atoms with E-state index in [0.29, 0.717) is 19.9 Å². The summed E-state index contributed by atoms with van der Waals surface area (Å²) < 4.78 is 16.6. The van der Waals surface area contributed by atoms with E-state index >= 15 is 0 Å². The largest absolute Gasteiger partial charge is 0.491 e. The summed E-state index contributed by atoms with van der Waals surface area (Å²) in [4.78, 5) is 4.75. The Morgan fingerprint density at radius 1 is 0.931 bits per heavy atom. The molecule has 0 amide bonds. The smallest absolute Gasteiger partial charge is 0.231 e. The maximum absolute atomic E-state index is 10.3. The quantitative estimate of drug-likeness (QED) is 0.738. The minimum absolute atomic E-state index is 0.313. The Hall–Kier alpha value is -2.28. The van der Waals surface area contributed by atoms with Crippen LogP contribution in [0.5, 0.6) is 17.2 Å². The van der Waals surface area contributed by atoms with Crippen molar-refractivity contribution in [2.24, 2.45) is 0 Å². The summed E-state index contributed by atoms with van der Waals surface area (Å²) in [6.07, 6.45) is 0.532. The number of aliphatic hydroxyl groups is 1. The molecule has 2 aliphatic rings. The van der Waals surface area contributed by atoms with Gasteiger partial charge in [0.15, 0.2) is 11.5 Å². The van der Waals surface area contributed by atoms with Crippen LogP contribution in [0.4, 0.5) is 0 Å². The van der Waals surface area contributed by atoms with Gasteiger partial charge in [-0.1, -0.05) is 25.1 Å². The zero-order chi connectivity index (χ0) is 20.1. The van der Waals surface area contributed by atoms with Gasteiger partial charge in [-0.05, 0) is 41.8 Å². The number of aryl methyl sites for hydroxylation is 1. The molecule has 0 radical (unpaired) electrons. The highest BCUT2D eigenvalue weighted by molar-refractivity contribution is 5.44. The lowest BCUT2D eigenvalue weighted by molar-refractivity contribution is 0.0446. The molecule has 4 rings (SSSR count). The number of hydrogen-bond donors (Lipinski definition) is 1. The van der Waals surface area contributed by atoms with Crippen LogP contribution in [0.25, 0.3) is 0 Å². The van der Waals surface area contributed by atoms with Crippen molar-refractivity contribution in [3.8, 4) is 17.2 Å². The van der Waals surface area contributed by atoms with Gasteiger partial charge < -0.3 is 19.3 Å². The Morgan fingerprint density at radius 3 is 2.38 bits per heavy atom. The van der Waals surface area contributed by atoms with E-state index in [1.165, 1.54) is 11.1 Å². The highest BCUT2D eigenvalue weighted by atomic mass is 16.7. The third-order valence-corrected chi connectivity index (χ3v) is 5.55. The second-order valence-electron chi connectivity index (χ2n) is 7.73. The zero-order valence-corrected chi connectivity index (χ0v) is 17.0. The molecule has 1 atom stereocenters. The number of aliphatic hydroxyl groups excluding tert-OH is 1. The van der Waals surface area contributed by atoms with Gasteiger partial charge in [0.2, 0.25) is 6.79 Å². The van der Waals surface area contributed by atoms with Crippen LogP contribution in [0.15, 0.2) is 42.5 Å². The Morgan fingerprint density at radius 2 is 1.62 bits per heavy atom. The lowest BCUT2D eigenvalue weighted by Crippen LogP contribution is -2.48. The van der Waals surface area contributed by atoms with Crippen LogP contribution >= 0.6 is 0 Å². The molecule has 6 nitrogen and oxygen atoms in total. The summed E-state index contributed by atoms with van der Waals surface area (Å²) in [6, 6.07) is 14.3. The molecule has 0 aliphatic carbocycles. The van der Waals surface area contributed by atoms with Crippen molar-refractivity contribution in [3.63, 3.8) is 0 Å². The number of ether oxygens (including phenoxy) is 3. The molecule has 1 unspecified atom stereocenters. The van der Waals surface area contributed by atoms with E-state index in [9.17, 15) is 5.11 Å². The zero-order valence-electron chi connectivity index (χ0n) is 17.0. The molecule has 2 heterocycles. The molecule has 2 aliphatic heterocycles. The summed E-state index contributed by atoms with van der Waals surface area (Å²) in [5.74, 6) is 2.49. The van der Waals surface area contributed by atoms with Crippen molar-refractivity contribution in [2.45, 2.75) is 26.0 Å². The Balaban J connectivity index is 1.17. The first-order chi connectivity index (χ1) is 14.2. The first-order valence-corrected chi connectivity index (χ1v) is 10.4. The van der Waals surface area contributed by atoms with Gasteiger partial charge >= 0.3 is 0 Å². The van der Waals surface area contributed by atoms with E-state index < -0.39 is 6.10 Å². The van der Waals surface area contributed by atoms with E-state index in [-0.39, 0.29) is 0 Å². The lowest BCUT2D eigenvalue weighted by Gasteiger charge is -2.35. The molecule has 6 heteroatoms. The van der Waals surface area contributed by atoms with E-state index in [1.54, 1.807) is 0 Å². The van der Waals surface area contributed by atoms with E-state index in [2.05, 4.69) is 41.0 Å². The first kappa shape index (κ1) is 20.0. The Labute approximate surface area is 172 Å². The number of rotatable bonds is 8. The van der Waals surface area contributed by atoms with Crippen LogP contribution in [0.1, 0.15) is 18.1 Å². The maximum atomic E-state index is 10.3. The molecular weight excluding hydrogens is 368 g/mol. The van der Waals surface area contributed by atoms with Crippen LogP contribution in [-0.4, -0.2) is 67.1 Å². The summed E-state index contributed by atoms with van der Waals surface area (Å²) >= 11 is 0. The second-order valence-corrected chi connectivity index (χ2v) is 7.73. The molecule has 0 saturated carbocycles. The predicted octanol–water partition coefficient (Wildman–Crippen LogP) is 2.54. The molecule has 0 spiro atoms. The molecule has 156 valence electrons. The molecule has 2 aromatic rings. The number of nitrogens with zero attached hydrogens (tertiary/aromatic N) is 2. The van der Waals surface area contributed by atoms with E-state index in [1.807, 2.05) is 18.2 Å². The molecule has 1 N–H and O–H groups in total. The highest BCUT2D eigenvalue weighted by Crippen LogP contribution is 2.32. The number of benzene rings is 2. The average Bonchev–Trinajstić information content (AvgIpc) is 3.22. The number of piperazine rings is 1. The first-order valence-electron chi connectivity index (χ1n) is 10.4. The van der Waals surface area contributed by atoms with Gasteiger partial charge in [-0.2, -0.15) is 0 Å². The van der Waals surface area contributed by atoms with E-state index in [0.717, 1.165) is 56.4 Å². The summed E-state index contributed by atoms with van der Waals surface area (Å²) in [5.41, 5.74) is 2.53. The van der Waals surface area contributed by atoms with Gasteiger partial charge in [-0.25, -0.2) is 0 Å². The highest BCUT2D eigenvalue weighted by Gasteiger charge is 2.20. The fourth-order valence-electron chi connectivity index (χ4n) is 3.79.